The van der Waals surface area contributed by atoms with Gasteiger partial charge in [0.1, 0.15) is 28.2 Å². The predicted octanol–water partition coefficient (Wildman–Crippen LogP) is 4.23. The summed E-state index contributed by atoms with van der Waals surface area (Å²) in [5.41, 5.74) is 1.05. The maximum Gasteiger partial charge on any atom is 0.197 e. The summed E-state index contributed by atoms with van der Waals surface area (Å²) in [6.45, 7) is 0.822. The van der Waals surface area contributed by atoms with Gasteiger partial charge in [-0.15, -0.1) is 12.4 Å². The lowest BCUT2D eigenvalue weighted by atomic mass is 9.87. The average molecular weight is 497 g/mol. The summed E-state index contributed by atoms with van der Waals surface area (Å²) in [5, 5.41) is 30.6. The topological polar surface area (TPSA) is 94.1 Å². The Hall–Kier alpha value is -2.06. The first-order chi connectivity index (χ1) is 13.9. The summed E-state index contributed by atoms with van der Waals surface area (Å²) in [5.74, 6) is -0.176. The van der Waals surface area contributed by atoms with Crippen LogP contribution in [0.2, 0.25) is 0 Å². The molecule has 0 bridgehead atoms. The van der Waals surface area contributed by atoms with Crippen molar-refractivity contribution in [3.05, 3.63) is 56.7 Å². The molecule has 3 aromatic rings. The van der Waals surface area contributed by atoms with Gasteiger partial charge in [0.25, 0.3) is 0 Å². The number of phenolic OH excluding ortho intramolecular Hbond substituents is 2. The Balaban J connectivity index is 0.00000256. The molecule has 0 saturated carbocycles. The number of benzene rings is 2. The van der Waals surface area contributed by atoms with Crippen molar-refractivity contribution in [2.75, 3.05) is 20.2 Å². The van der Waals surface area contributed by atoms with Crippen LogP contribution in [0.5, 0.6) is 11.5 Å². The van der Waals surface area contributed by atoms with Gasteiger partial charge in [-0.2, -0.15) is 0 Å². The minimum Gasteiger partial charge on any atom is -0.507 e. The molecule has 6 nitrogen and oxygen atoms in total. The first-order valence-corrected chi connectivity index (χ1v) is 10.3. The van der Waals surface area contributed by atoms with Crippen molar-refractivity contribution in [2.45, 2.75) is 24.8 Å². The smallest absolute Gasteiger partial charge is 0.197 e. The molecule has 3 N–H and O–H groups in total. The van der Waals surface area contributed by atoms with Crippen LogP contribution >= 0.6 is 28.3 Å². The van der Waals surface area contributed by atoms with Crippen molar-refractivity contribution in [2.24, 2.45) is 0 Å². The fourth-order valence-electron chi connectivity index (χ4n) is 4.36. The fraction of sp³-hybridized carbons (Fsp3) is 0.318. The minimum atomic E-state index is -0.370. The maximum atomic E-state index is 12.9. The van der Waals surface area contributed by atoms with Gasteiger partial charge in [-0.1, -0.05) is 28.1 Å². The second kappa shape index (κ2) is 8.98. The Bertz CT molecular complexity index is 1130. The maximum absolute atomic E-state index is 12.9. The third-order valence-electron chi connectivity index (χ3n) is 5.73. The number of hydrogen-bond acceptors (Lipinski definition) is 6. The third-order valence-corrected chi connectivity index (χ3v) is 6.22. The Morgan fingerprint density at radius 1 is 1.20 bits per heavy atom. The lowest BCUT2D eigenvalue weighted by Gasteiger charge is -2.25. The first-order valence-electron chi connectivity index (χ1n) is 9.50. The molecule has 160 valence electrons. The van der Waals surface area contributed by atoms with Crippen LogP contribution in [0.3, 0.4) is 0 Å². The summed E-state index contributed by atoms with van der Waals surface area (Å²) in [4.78, 5) is 15.0. The average Bonchev–Trinajstić information content (AvgIpc) is 3.02. The molecule has 1 aliphatic heterocycles. The van der Waals surface area contributed by atoms with Crippen molar-refractivity contribution < 1.29 is 19.7 Å². The summed E-state index contributed by atoms with van der Waals surface area (Å²) >= 11 is 3.42. The zero-order valence-electron chi connectivity index (χ0n) is 16.3. The monoisotopic (exact) mass is 495 g/mol. The molecule has 1 fully saturated rings. The molecule has 1 aromatic heterocycles. The van der Waals surface area contributed by atoms with Gasteiger partial charge in [0, 0.05) is 46.3 Å². The van der Waals surface area contributed by atoms with Crippen molar-refractivity contribution in [3.8, 4) is 22.8 Å². The lowest BCUT2D eigenvalue weighted by Crippen LogP contribution is -2.29. The van der Waals surface area contributed by atoms with Crippen LogP contribution in [-0.2, 0) is 0 Å². The van der Waals surface area contributed by atoms with Crippen molar-refractivity contribution >= 4 is 39.3 Å². The zero-order valence-corrected chi connectivity index (χ0v) is 18.7. The van der Waals surface area contributed by atoms with Gasteiger partial charge >= 0.3 is 0 Å². The van der Waals surface area contributed by atoms with Crippen molar-refractivity contribution in [3.63, 3.8) is 0 Å². The highest BCUT2D eigenvalue weighted by Gasteiger charge is 2.36. The lowest BCUT2D eigenvalue weighted by molar-refractivity contribution is 0.211. The van der Waals surface area contributed by atoms with Gasteiger partial charge in [0.2, 0.25) is 0 Å². The molecule has 1 saturated heterocycles. The minimum absolute atomic E-state index is 0. The molecule has 8 heteroatoms. The molecule has 2 atom stereocenters. The number of rotatable bonds is 4. The fourth-order valence-corrected chi connectivity index (χ4v) is 4.76. The summed E-state index contributed by atoms with van der Waals surface area (Å²) in [6, 6.07) is 9.95. The van der Waals surface area contributed by atoms with E-state index in [0.717, 1.165) is 17.4 Å². The number of hydrogen-bond donors (Lipinski definition) is 3. The predicted molar refractivity (Wildman–Crippen MR) is 122 cm³/mol. The van der Waals surface area contributed by atoms with E-state index in [0.29, 0.717) is 23.3 Å². The summed E-state index contributed by atoms with van der Waals surface area (Å²) in [6.07, 6.45) is 1.29. The Kier molecular flexibility index (Phi) is 6.77. The molecule has 0 unspecified atom stereocenters. The van der Waals surface area contributed by atoms with Crippen LogP contribution in [0.4, 0.5) is 0 Å². The van der Waals surface area contributed by atoms with E-state index in [2.05, 4.69) is 20.8 Å². The molecule has 1 aliphatic rings. The molecule has 0 spiro atoms. The number of fused-ring (bicyclic) bond motifs is 1. The van der Waals surface area contributed by atoms with E-state index in [1.807, 2.05) is 31.3 Å². The van der Waals surface area contributed by atoms with E-state index in [-0.39, 0.29) is 58.9 Å². The second-order valence-corrected chi connectivity index (χ2v) is 8.39. The largest absolute Gasteiger partial charge is 0.507 e. The van der Waals surface area contributed by atoms with Gasteiger partial charge in [-0.3, -0.25) is 4.79 Å². The number of likely N-dealkylation sites (tertiary alicyclic amines) is 1. The van der Waals surface area contributed by atoms with E-state index in [4.69, 9.17) is 4.42 Å². The second-order valence-electron chi connectivity index (χ2n) is 7.47. The van der Waals surface area contributed by atoms with Gasteiger partial charge < -0.3 is 24.6 Å². The molecular formula is C22H23BrClNO5. The summed E-state index contributed by atoms with van der Waals surface area (Å²) in [7, 11) is 1.98. The molecule has 0 amide bonds. The zero-order chi connectivity index (χ0) is 20.7. The first kappa shape index (κ1) is 22.6. The number of aromatic hydroxyl groups is 2. The van der Waals surface area contributed by atoms with Crippen molar-refractivity contribution in [1.29, 1.82) is 0 Å². The number of aliphatic hydroxyl groups is 1. The molecule has 30 heavy (non-hydrogen) atoms. The van der Waals surface area contributed by atoms with Gasteiger partial charge in [0.15, 0.2) is 5.43 Å². The van der Waals surface area contributed by atoms with Crippen LogP contribution in [0.25, 0.3) is 22.3 Å². The number of likely N-dealkylation sites (N-methyl/N-ethyl adjacent to an activating group) is 1. The van der Waals surface area contributed by atoms with Crippen LogP contribution in [0, 0.1) is 0 Å². The molecule has 4 rings (SSSR count). The van der Waals surface area contributed by atoms with E-state index < -0.39 is 0 Å². The van der Waals surface area contributed by atoms with Gasteiger partial charge in [-0.05, 0) is 38.6 Å². The Morgan fingerprint density at radius 3 is 2.67 bits per heavy atom. The SMILES string of the molecule is CN1CC[C@@H](c2c(O)cc(O)c3c(=O)cc(-c4cccc(Br)c4)oc23)[C@@H]1CCO.Cl. The Labute approximate surface area is 188 Å². The number of aliphatic hydroxyl groups excluding tert-OH is 1. The van der Waals surface area contributed by atoms with Crippen LogP contribution in [-0.4, -0.2) is 46.5 Å². The van der Waals surface area contributed by atoms with E-state index >= 15 is 0 Å². The number of phenols is 2. The van der Waals surface area contributed by atoms with E-state index in [9.17, 15) is 20.1 Å². The number of nitrogens with zero attached hydrogens (tertiary/aromatic N) is 1. The van der Waals surface area contributed by atoms with Crippen LogP contribution in [0.15, 0.2) is 50.1 Å². The summed E-state index contributed by atoms with van der Waals surface area (Å²) < 4.78 is 6.97. The van der Waals surface area contributed by atoms with E-state index in [1.165, 1.54) is 12.1 Å². The van der Waals surface area contributed by atoms with Gasteiger partial charge in [-0.25, -0.2) is 0 Å². The quantitative estimate of drug-likeness (QED) is 0.501. The standard InChI is InChI=1S/C22H22BrNO5.ClH/c1-24-7-5-14(15(24)6-8-25)20-16(26)10-17(27)21-18(28)11-19(29-22(20)21)12-3-2-4-13(23)9-12;/h2-4,9-11,14-15,25-27H,5-8H2,1H3;1H/t14-,15+;/m1./s1. The highest BCUT2D eigenvalue weighted by atomic mass is 79.9. The molecule has 2 heterocycles. The molecular weight excluding hydrogens is 474 g/mol. The highest BCUT2D eigenvalue weighted by molar-refractivity contribution is 9.10. The molecule has 0 radical (unpaired) electrons. The Morgan fingerprint density at radius 2 is 1.97 bits per heavy atom. The molecule has 0 aliphatic carbocycles. The van der Waals surface area contributed by atoms with Crippen LogP contribution < -0.4 is 5.43 Å². The third kappa shape index (κ3) is 3.95. The molecule has 2 aromatic carbocycles. The van der Waals surface area contributed by atoms with Crippen molar-refractivity contribution in [1.82, 2.24) is 4.90 Å². The highest BCUT2D eigenvalue weighted by Crippen LogP contribution is 2.45. The number of halogens is 2. The normalized spacial score (nSPS) is 19.2. The van der Waals surface area contributed by atoms with E-state index in [1.54, 1.807) is 0 Å². The van der Waals surface area contributed by atoms with Crippen LogP contribution in [0.1, 0.15) is 24.3 Å². The van der Waals surface area contributed by atoms with Gasteiger partial charge in [0.05, 0.1) is 0 Å².